The molecule has 0 bridgehead atoms. The molecule has 1 amide bonds. The largest absolute Gasteiger partial charge is 0.289 e. The quantitative estimate of drug-likeness (QED) is 0.279. The van der Waals surface area contributed by atoms with Gasteiger partial charge in [0.15, 0.2) is 0 Å². The van der Waals surface area contributed by atoms with E-state index >= 15 is 0 Å². The van der Waals surface area contributed by atoms with E-state index in [-0.39, 0.29) is 5.91 Å². The number of unbranched alkanes of at least 4 members (excludes halogenated alkanes) is 7. The van der Waals surface area contributed by atoms with Gasteiger partial charge in [0.1, 0.15) is 0 Å². The molecule has 0 unspecified atom stereocenters. The van der Waals surface area contributed by atoms with Gasteiger partial charge in [0.05, 0.1) is 0 Å². The first-order chi connectivity index (χ1) is 7.31. The predicted molar refractivity (Wildman–Crippen MR) is 65.3 cm³/mol. The van der Waals surface area contributed by atoms with Crippen LogP contribution in [0.1, 0.15) is 57.8 Å². The van der Waals surface area contributed by atoms with Gasteiger partial charge in [-0.3, -0.25) is 10.0 Å². The van der Waals surface area contributed by atoms with E-state index in [0.29, 0.717) is 6.42 Å². The van der Waals surface area contributed by atoms with Gasteiger partial charge in [-0.2, -0.15) is 0 Å². The minimum Gasteiger partial charge on any atom is -0.289 e. The zero-order chi connectivity index (χ0) is 11.4. The molecule has 0 aromatic carbocycles. The third-order valence-corrected chi connectivity index (χ3v) is 2.97. The lowest BCUT2D eigenvalue weighted by atomic mass is 10.1. The molecule has 0 aromatic heterocycles. The van der Waals surface area contributed by atoms with E-state index in [1.807, 2.05) is 0 Å². The number of carbonyl (C=O) groups is 1. The van der Waals surface area contributed by atoms with Gasteiger partial charge in [-0.25, -0.2) is 5.48 Å². The van der Waals surface area contributed by atoms with E-state index in [9.17, 15) is 4.79 Å². The van der Waals surface area contributed by atoms with Crippen molar-refractivity contribution >= 4 is 21.8 Å². The third kappa shape index (κ3) is 11.8. The second kappa shape index (κ2) is 12.0. The molecule has 0 aliphatic rings. The lowest BCUT2D eigenvalue weighted by Gasteiger charge is -2.01. The summed E-state index contributed by atoms with van der Waals surface area (Å²) in [7, 11) is 0. The first kappa shape index (κ1) is 14.9. The van der Waals surface area contributed by atoms with Crippen LogP contribution in [0.3, 0.4) is 0 Å². The van der Waals surface area contributed by atoms with Crippen molar-refractivity contribution in [1.82, 2.24) is 5.48 Å². The van der Waals surface area contributed by atoms with Crippen molar-refractivity contribution in [3.8, 4) is 0 Å². The highest BCUT2D eigenvalue weighted by Gasteiger charge is 1.97. The Balaban J connectivity index is 2.95. The van der Waals surface area contributed by atoms with E-state index in [1.54, 1.807) is 5.48 Å². The molecule has 0 saturated heterocycles. The Labute approximate surface area is 101 Å². The predicted octanol–water partition coefficient (Wildman–Crippen LogP) is 3.40. The summed E-state index contributed by atoms with van der Waals surface area (Å²) >= 11 is 3.41. The molecule has 3 nitrogen and oxygen atoms in total. The summed E-state index contributed by atoms with van der Waals surface area (Å²) in [6.45, 7) is 0. The van der Waals surface area contributed by atoms with E-state index < -0.39 is 0 Å². The second-order valence-corrected chi connectivity index (χ2v) is 4.60. The van der Waals surface area contributed by atoms with Crippen LogP contribution in [-0.4, -0.2) is 16.4 Å². The molecular formula is C11H22BrNO2. The molecule has 0 aromatic rings. The first-order valence-electron chi connectivity index (χ1n) is 5.80. The van der Waals surface area contributed by atoms with Crippen LogP contribution in [0.2, 0.25) is 0 Å². The number of alkyl halides is 1. The molecule has 15 heavy (non-hydrogen) atoms. The van der Waals surface area contributed by atoms with Crippen LogP contribution >= 0.6 is 15.9 Å². The molecule has 0 radical (unpaired) electrons. The molecule has 0 rings (SSSR count). The van der Waals surface area contributed by atoms with Crippen LogP contribution in [0, 0.1) is 0 Å². The van der Waals surface area contributed by atoms with Crippen LogP contribution in [0.4, 0.5) is 0 Å². The topological polar surface area (TPSA) is 49.3 Å². The molecule has 0 saturated carbocycles. The van der Waals surface area contributed by atoms with Crippen molar-refractivity contribution < 1.29 is 10.0 Å². The monoisotopic (exact) mass is 279 g/mol. The summed E-state index contributed by atoms with van der Waals surface area (Å²) < 4.78 is 0. The molecular weight excluding hydrogens is 258 g/mol. The highest BCUT2D eigenvalue weighted by Crippen LogP contribution is 2.10. The minimum atomic E-state index is -0.271. The van der Waals surface area contributed by atoms with Gasteiger partial charge in [0, 0.05) is 11.8 Å². The number of nitrogens with one attached hydrogen (secondary N) is 1. The smallest absolute Gasteiger partial charge is 0.243 e. The van der Waals surface area contributed by atoms with E-state index in [0.717, 1.165) is 18.2 Å². The molecule has 0 atom stereocenters. The number of hydroxylamine groups is 1. The summed E-state index contributed by atoms with van der Waals surface area (Å²) in [5, 5.41) is 9.37. The van der Waals surface area contributed by atoms with E-state index in [2.05, 4.69) is 15.9 Å². The highest BCUT2D eigenvalue weighted by atomic mass is 79.9. The second-order valence-electron chi connectivity index (χ2n) is 3.80. The fourth-order valence-corrected chi connectivity index (χ4v) is 1.89. The number of halogens is 1. The number of rotatable bonds is 10. The molecule has 4 heteroatoms. The zero-order valence-electron chi connectivity index (χ0n) is 9.30. The summed E-state index contributed by atoms with van der Waals surface area (Å²) in [4.78, 5) is 10.7. The van der Waals surface area contributed by atoms with Gasteiger partial charge in [-0.15, -0.1) is 0 Å². The Morgan fingerprint density at radius 1 is 0.933 bits per heavy atom. The Bertz CT molecular complexity index is 154. The standard InChI is InChI=1S/C11H22BrNO2/c12-10-8-6-4-2-1-3-5-7-9-11(14)13-15/h15H,1-10H2,(H,13,14). The van der Waals surface area contributed by atoms with Crippen molar-refractivity contribution in [3.05, 3.63) is 0 Å². The van der Waals surface area contributed by atoms with Crippen molar-refractivity contribution in [1.29, 1.82) is 0 Å². The van der Waals surface area contributed by atoms with Gasteiger partial charge in [-0.05, 0) is 12.8 Å². The Hall–Kier alpha value is -0.0900. The summed E-state index contributed by atoms with van der Waals surface area (Å²) in [6.07, 6.45) is 10.1. The molecule has 0 heterocycles. The SMILES string of the molecule is O=C(CCCCCCCCCCBr)NO. The van der Waals surface area contributed by atoms with Gasteiger partial charge in [-0.1, -0.05) is 54.5 Å². The summed E-state index contributed by atoms with van der Waals surface area (Å²) in [5.74, 6) is -0.271. The van der Waals surface area contributed by atoms with Crippen LogP contribution < -0.4 is 5.48 Å². The molecule has 2 N–H and O–H groups in total. The minimum absolute atomic E-state index is 0.271. The maximum Gasteiger partial charge on any atom is 0.243 e. The van der Waals surface area contributed by atoms with Crippen molar-refractivity contribution in [2.24, 2.45) is 0 Å². The molecule has 0 spiro atoms. The fourth-order valence-electron chi connectivity index (χ4n) is 1.50. The fraction of sp³-hybridized carbons (Fsp3) is 0.909. The molecule has 0 aliphatic carbocycles. The van der Waals surface area contributed by atoms with Crippen LogP contribution in [-0.2, 0) is 4.79 Å². The van der Waals surface area contributed by atoms with E-state index in [1.165, 1.54) is 38.5 Å². The number of carbonyl (C=O) groups excluding carboxylic acids is 1. The summed E-state index contributed by atoms with van der Waals surface area (Å²) in [6, 6.07) is 0. The Kier molecular flexibility index (Phi) is 11.9. The van der Waals surface area contributed by atoms with Gasteiger partial charge in [0.2, 0.25) is 5.91 Å². The average molecular weight is 280 g/mol. The molecule has 90 valence electrons. The van der Waals surface area contributed by atoms with Gasteiger partial charge in [0.25, 0.3) is 0 Å². The number of hydrogen-bond donors (Lipinski definition) is 2. The lowest BCUT2D eigenvalue weighted by molar-refractivity contribution is -0.129. The average Bonchev–Trinajstić information content (AvgIpc) is 2.26. The van der Waals surface area contributed by atoms with Gasteiger partial charge < -0.3 is 0 Å². The van der Waals surface area contributed by atoms with Crippen molar-refractivity contribution in [2.45, 2.75) is 57.8 Å². The molecule has 0 fully saturated rings. The van der Waals surface area contributed by atoms with Crippen LogP contribution in [0.15, 0.2) is 0 Å². The molecule has 0 aliphatic heterocycles. The third-order valence-electron chi connectivity index (χ3n) is 2.41. The number of amides is 1. The summed E-state index contributed by atoms with van der Waals surface area (Å²) in [5.41, 5.74) is 1.65. The van der Waals surface area contributed by atoms with E-state index in [4.69, 9.17) is 5.21 Å². The van der Waals surface area contributed by atoms with Crippen LogP contribution in [0.5, 0.6) is 0 Å². The first-order valence-corrected chi connectivity index (χ1v) is 6.92. The Morgan fingerprint density at radius 2 is 1.40 bits per heavy atom. The zero-order valence-corrected chi connectivity index (χ0v) is 10.9. The normalized spacial score (nSPS) is 10.3. The lowest BCUT2D eigenvalue weighted by Crippen LogP contribution is -2.17. The maximum atomic E-state index is 10.7. The van der Waals surface area contributed by atoms with Crippen molar-refractivity contribution in [3.63, 3.8) is 0 Å². The van der Waals surface area contributed by atoms with Gasteiger partial charge >= 0.3 is 0 Å². The Morgan fingerprint density at radius 3 is 1.87 bits per heavy atom. The number of hydrogen-bond acceptors (Lipinski definition) is 2. The maximum absolute atomic E-state index is 10.7. The van der Waals surface area contributed by atoms with Crippen LogP contribution in [0.25, 0.3) is 0 Å². The van der Waals surface area contributed by atoms with Crippen molar-refractivity contribution in [2.75, 3.05) is 5.33 Å². The highest BCUT2D eigenvalue weighted by molar-refractivity contribution is 9.09.